The minimum Gasteiger partial charge on any atom is -0.756 e. The lowest BCUT2D eigenvalue weighted by molar-refractivity contribution is -0.870. The zero-order valence-corrected chi connectivity index (χ0v) is 28.6. The molecule has 0 saturated carbocycles. The molecule has 0 aliphatic heterocycles. The first kappa shape index (κ1) is 41.0. The van der Waals surface area contributed by atoms with Gasteiger partial charge in [-0.1, -0.05) is 115 Å². The molecule has 0 aromatic carbocycles. The number of carbonyl (C=O) groups excluding carboxylic acids is 1. The Hall–Kier alpha value is -1.02. The number of unbranched alkanes of at least 4 members (excludes halogenated alkanes) is 14. The normalized spacial score (nSPS) is 15.3. The number of phosphoric acid groups is 1. The number of rotatable bonds is 29. The van der Waals surface area contributed by atoms with Gasteiger partial charge in [0.2, 0.25) is 5.91 Å². The lowest BCUT2D eigenvalue weighted by Gasteiger charge is -2.29. The van der Waals surface area contributed by atoms with Gasteiger partial charge in [0.1, 0.15) is 13.2 Å². The van der Waals surface area contributed by atoms with Crippen molar-refractivity contribution in [3.63, 3.8) is 0 Å². The fourth-order valence-electron chi connectivity index (χ4n) is 4.40. The van der Waals surface area contributed by atoms with E-state index in [0.29, 0.717) is 17.4 Å². The van der Waals surface area contributed by atoms with Crippen LogP contribution in [-0.4, -0.2) is 68.5 Å². The van der Waals surface area contributed by atoms with Gasteiger partial charge in [0.05, 0.1) is 39.9 Å². The molecule has 0 fully saturated rings. The van der Waals surface area contributed by atoms with E-state index in [1.165, 1.54) is 70.6 Å². The number of aliphatic hydroxyl groups is 1. The number of phosphoric ester groups is 1. The van der Waals surface area contributed by atoms with Crippen molar-refractivity contribution < 1.29 is 32.9 Å². The van der Waals surface area contributed by atoms with Crippen LogP contribution >= 0.6 is 7.82 Å². The highest BCUT2D eigenvalue weighted by molar-refractivity contribution is 7.45. The highest BCUT2D eigenvalue weighted by atomic mass is 31.2. The molecule has 1 unspecified atom stereocenters. The lowest BCUT2D eigenvalue weighted by Crippen LogP contribution is -2.45. The number of nitrogens with zero attached hydrogens (tertiary/aromatic N) is 1. The standard InChI is InChI=1S/C33H65N2O6P/c1-6-8-10-12-14-16-17-19-20-22-24-26-32(36)31(30-41-42(38,39)40-29-28-35(3,4)5)34-33(37)27-25-23-21-18-15-13-11-9-7-2/h17,19,24,26,31-32,36H,6-16,18,20-23,25,27-30H2,1-5H3,(H-,34,37,38,39)/b19-17+,26-24+/t31-,32+/m0/s1. The number of allylic oxidation sites excluding steroid dienone is 3. The van der Waals surface area contributed by atoms with Crippen molar-refractivity contribution in [2.45, 2.75) is 142 Å². The van der Waals surface area contributed by atoms with Crippen LogP contribution in [-0.2, 0) is 18.4 Å². The van der Waals surface area contributed by atoms with Gasteiger partial charge in [-0.15, -0.1) is 0 Å². The summed E-state index contributed by atoms with van der Waals surface area (Å²) in [5.41, 5.74) is 0. The summed E-state index contributed by atoms with van der Waals surface area (Å²) in [7, 11) is 1.24. The number of hydrogen-bond donors (Lipinski definition) is 2. The number of amides is 1. The molecule has 248 valence electrons. The summed E-state index contributed by atoms with van der Waals surface area (Å²) in [4.78, 5) is 24.9. The van der Waals surface area contributed by atoms with Crippen molar-refractivity contribution in [3.05, 3.63) is 24.3 Å². The maximum atomic E-state index is 12.6. The van der Waals surface area contributed by atoms with E-state index in [0.717, 1.165) is 38.5 Å². The number of nitrogens with one attached hydrogen (secondary N) is 1. The maximum absolute atomic E-state index is 12.6. The van der Waals surface area contributed by atoms with Crippen LogP contribution in [0.25, 0.3) is 0 Å². The molecule has 9 heteroatoms. The molecule has 0 saturated heterocycles. The van der Waals surface area contributed by atoms with Crippen LogP contribution in [0.15, 0.2) is 24.3 Å². The summed E-state index contributed by atoms with van der Waals surface area (Å²) >= 11 is 0. The summed E-state index contributed by atoms with van der Waals surface area (Å²) in [6.45, 7) is 4.53. The van der Waals surface area contributed by atoms with E-state index in [9.17, 15) is 19.4 Å². The zero-order valence-electron chi connectivity index (χ0n) is 27.7. The molecule has 0 spiro atoms. The van der Waals surface area contributed by atoms with Crippen molar-refractivity contribution in [1.82, 2.24) is 5.32 Å². The van der Waals surface area contributed by atoms with Crippen LogP contribution in [0.2, 0.25) is 0 Å². The number of quaternary nitrogens is 1. The van der Waals surface area contributed by atoms with Crippen LogP contribution in [0.1, 0.15) is 129 Å². The number of hydrogen-bond acceptors (Lipinski definition) is 6. The summed E-state index contributed by atoms with van der Waals surface area (Å²) < 4.78 is 22.9. The molecule has 0 aromatic heterocycles. The SMILES string of the molecule is CCCCCCC/C=C/CC/C=C/[C@@H](O)[C@H](COP(=O)([O-])OCC[N+](C)(C)C)NC(=O)CCCCCCCCCCC. The van der Waals surface area contributed by atoms with Gasteiger partial charge in [0, 0.05) is 6.42 Å². The smallest absolute Gasteiger partial charge is 0.268 e. The Bertz CT molecular complexity index is 753. The Labute approximate surface area is 258 Å². The number of likely N-dealkylation sites (N-methyl/N-ethyl adjacent to an activating group) is 1. The fourth-order valence-corrected chi connectivity index (χ4v) is 5.12. The van der Waals surface area contributed by atoms with Gasteiger partial charge >= 0.3 is 0 Å². The predicted molar refractivity (Wildman–Crippen MR) is 173 cm³/mol. The Morgan fingerprint density at radius 3 is 1.93 bits per heavy atom. The highest BCUT2D eigenvalue weighted by Gasteiger charge is 2.23. The molecule has 8 nitrogen and oxygen atoms in total. The van der Waals surface area contributed by atoms with Crippen LogP contribution in [0.3, 0.4) is 0 Å². The van der Waals surface area contributed by atoms with E-state index >= 15 is 0 Å². The molecule has 0 rings (SSSR count). The van der Waals surface area contributed by atoms with Gasteiger partial charge in [-0.25, -0.2) is 0 Å². The Balaban J connectivity index is 4.70. The van der Waals surface area contributed by atoms with E-state index in [-0.39, 0.29) is 12.5 Å². The van der Waals surface area contributed by atoms with Crippen LogP contribution in [0, 0.1) is 0 Å². The molecule has 3 atom stereocenters. The first-order chi connectivity index (χ1) is 20.0. The first-order valence-corrected chi connectivity index (χ1v) is 18.2. The second-order valence-electron chi connectivity index (χ2n) is 12.5. The lowest BCUT2D eigenvalue weighted by atomic mass is 10.1. The van der Waals surface area contributed by atoms with E-state index in [1.807, 2.05) is 27.2 Å². The third-order valence-electron chi connectivity index (χ3n) is 7.16. The van der Waals surface area contributed by atoms with Crippen molar-refractivity contribution >= 4 is 13.7 Å². The molecule has 0 heterocycles. The predicted octanol–water partition coefficient (Wildman–Crippen LogP) is 7.21. The van der Waals surface area contributed by atoms with Crippen molar-refractivity contribution in [2.75, 3.05) is 40.9 Å². The fraction of sp³-hybridized carbons (Fsp3) is 0.848. The van der Waals surface area contributed by atoms with E-state index in [4.69, 9.17) is 9.05 Å². The van der Waals surface area contributed by atoms with Gasteiger partial charge in [0.25, 0.3) is 7.82 Å². The molecule has 0 radical (unpaired) electrons. The molecule has 0 bridgehead atoms. The van der Waals surface area contributed by atoms with Gasteiger partial charge in [0.15, 0.2) is 0 Å². The Morgan fingerprint density at radius 1 is 0.810 bits per heavy atom. The third kappa shape index (κ3) is 27.8. The van der Waals surface area contributed by atoms with Gasteiger partial charge in [-0.2, -0.15) is 0 Å². The summed E-state index contributed by atoms with van der Waals surface area (Å²) in [5, 5.41) is 13.6. The zero-order chi connectivity index (χ0) is 31.5. The van der Waals surface area contributed by atoms with Gasteiger partial charge < -0.3 is 28.8 Å². The van der Waals surface area contributed by atoms with Crippen molar-refractivity contribution in [1.29, 1.82) is 0 Å². The average molecular weight is 617 g/mol. The average Bonchev–Trinajstić information content (AvgIpc) is 2.92. The highest BCUT2D eigenvalue weighted by Crippen LogP contribution is 2.38. The number of aliphatic hydroxyl groups excluding tert-OH is 1. The Morgan fingerprint density at radius 2 is 1.33 bits per heavy atom. The van der Waals surface area contributed by atoms with Crippen LogP contribution < -0.4 is 10.2 Å². The van der Waals surface area contributed by atoms with Crippen LogP contribution in [0.4, 0.5) is 0 Å². The molecule has 42 heavy (non-hydrogen) atoms. The maximum Gasteiger partial charge on any atom is 0.268 e. The summed E-state index contributed by atoms with van der Waals surface area (Å²) in [6.07, 6.45) is 26.5. The molecular formula is C33H65N2O6P. The molecule has 2 N–H and O–H groups in total. The minimum absolute atomic E-state index is 0.00534. The van der Waals surface area contributed by atoms with E-state index in [2.05, 4.69) is 31.3 Å². The molecule has 1 amide bonds. The summed E-state index contributed by atoms with van der Waals surface area (Å²) in [5.74, 6) is -0.215. The molecule has 0 aromatic rings. The van der Waals surface area contributed by atoms with Crippen LogP contribution in [0.5, 0.6) is 0 Å². The second-order valence-corrected chi connectivity index (χ2v) is 13.9. The molecule has 0 aliphatic rings. The van der Waals surface area contributed by atoms with Crippen molar-refractivity contribution in [2.24, 2.45) is 0 Å². The van der Waals surface area contributed by atoms with E-state index < -0.39 is 26.6 Å². The number of carbonyl (C=O) groups is 1. The molecular weight excluding hydrogens is 551 g/mol. The topological polar surface area (TPSA) is 108 Å². The van der Waals surface area contributed by atoms with Crippen molar-refractivity contribution in [3.8, 4) is 0 Å². The Kier molecular flexibility index (Phi) is 25.7. The largest absolute Gasteiger partial charge is 0.756 e. The van der Waals surface area contributed by atoms with Gasteiger partial charge in [-0.3, -0.25) is 9.36 Å². The minimum atomic E-state index is -4.57. The third-order valence-corrected chi connectivity index (χ3v) is 8.13. The van der Waals surface area contributed by atoms with Gasteiger partial charge in [-0.05, 0) is 32.1 Å². The first-order valence-electron chi connectivity index (χ1n) is 16.7. The quantitative estimate of drug-likeness (QED) is 0.0398. The second kappa shape index (κ2) is 26.4. The molecule has 0 aliphatic carbocycles. The van der Waals surface area contributed by atoms with E-state index in [1.54, 1.807) is 6.08 Å². The monoisotopic (exact) mass is 616 g/mol. The summed E-state index contributed by atoms with van der Waals surface area (Å²) in [6, 6.07) is -0.893.